The fourth-order valence-electron chi connectivity index (χ4n) is 3.83. The number of hydrogen-bond acceptors (Lipinski definition) is 7. The molecule has 0 bridgehead atoms. The molecule has 0 aromatic heterocycles. The molecule has 0 aliphatic heterocycles. The van der Waals surface area contributed by atoms with Gasteiger partial charge in [-0.2, -0.15) is 0 Å². The van der Waals surface area contributed by atoms with Crippen molar-refractivity contribution in [2.75, 3.05) is 47.5 Å². The Morgan fingerprint density at radius 1 is 1.19 bits per heavy atom. The highest BCUT2D eigenvalue weighted by molar-refractivity contribution is 7.45. The molecule has 0 amide bonds. The van der Waals surface area contributed by atoms with Crippen LogP contribution in [-0.2, 0) is 23.1 Å². The average Bonchev–Trinajstić information content (AvgIpc) is 2.74. The van der Waals surface area contributed by atoms with Gasteiger partial charge in [-0.05, 0) is 56.6 Å². The summed E-state index contributed by atoms with van der Waals surface area (Å²) in [6.45, 7) is 9.85. The molecule has 0 spiro atoms. The average molecular weight is 540 g/mol. The van der Waals surface area contributed by atoms with E-state index in [1.165, 1.54) is 30.1 Å². The molecule has 0 aromatic carbocycles. The van der Waals surface area contributed by atoms with E-state index in [1.807, 2.05) is 40.2 Å². The summed E-state index contributed by atoms with van der Waals surface area (Å²) in [5.41, 5.74) is 4.76. The lowest BCUT2D eigenvalue weighted by molar-refractivity contribution is -0.870. The minimum atomic E-state index is -4.57. The van der Waals surface area contributed by atoms with E-state index >= 15 is 0 Å². The first kappa shape index (κ1) is 33.2. The Morgan fingerprint density at radius 3 is 2.46 bits per heavy atom. The van der Waals surface area contributed by atoms with E-state index in [1.54, 1.807) is 13.0 Å². The number of carbonyl (C=O) groups is 1. The quantitative estimate of drug-likeness (QED) is 0.113. The lowest BCUT2D eigenvalue weighted by atomic mass is 9.72. The summed E-state index contributed by atoms with van der Waals surface area (Å²) in [6.07, 6.45) is 13.6. The van der Waals surface area contributed by atoms with Gasteiger partial charge in [-0.25, -0.2) is 4.79 Å². The topological polar surface area (TPSA) is 105 Å². The fraction of sp³-hybridized carbons (Fsp3) is 0.607. The zero-order valence-corrected chi connectivity index (χ0v) is 24.7. The SMILES string of the molecule is CC(C=CC1=C(C)CCCC1(C)C)=CC=CC(C)=CC(=O)O[C@@H](CO)COP(=O)([O-])OCC[N+](C)(C)C. The zero-order chi connectivity index (χ0) is 28.3. The maximum Gasteiger partial charge on any atom is 0.331 e. The Bertz CT molecular complexity index is 968. The van der Waals surface area contributed by atoms with Crippen LogP contribution in [0.5, 0.6) is 0 Å². The summed E-state index contributed by atoms with van der Waals surface area (Å²) in [6, 6.07) is 0. The Hall–Kier alpha value is -1.80. The fourth-order valence-corrected chi connectivity index (χ4v) is 4.56. The minimum absolute atomic E-state index is 0.0404. The molecule has 9 heteroatoms. The van der Waals surface area contributed by atoms with E-state index in [4.69, 9.17) is 13.8 Å². The van der Waals surface area contributed by atoms with Crippen LogP contribution in [0.25, 0.3) is 0 Å². The van der Waals surface area contributed by atoms with Crippen LogP contribution in [0.15, 0.2) is 58.7 Å². The van der Waals surface area contributed by atoms with E-state index in [0.717, 1.165) is 12.0 Å². The van der Waals surface area contributed by atoms with Crippen LogP contribution in [0.4, 0.5) is 0 Å². The lowest BCUT2D eigenvalue weighted by Gasteiger charge is -2.32. The molecule has 0 saturated carbocycles. The smallest absolute Gasteiger partial charge is 0.331 e. The van der Waals surface area contributed by atoms with Crippen LogP contribution in [0.1, 0.15) is 53.9 Å². The highest BCUT2D eigenvalue weighted by Crippen LogP contribution is 2.41. The number of allylic oxidation sites excluding steroid dienone is 9. The maximum absolute atomic E-state index is 12.2. The maximum atomic E-state index is 12.2. The van der Waals surface area contributed by atoms with Crippen LogP contribution >= 0.6 is 7.82 Å². The second-order valence-electron chi connectivity index (χ2n) is 11.3. The third kappa shape index (κ3) is 14.1. The molecule has 1 N–H and O–H groups in total. The molecule has 8 nitrogen and oxygen atoms in total. The third-order valence-corrected chi connectivity index (χ3v) is 7.00. The summed E-state index contributed by atoms with van der Waals surface area (Å²) in [5, 5.41) is 9.44. The van der Waals surface area contributed by atoms with E-state index in [-0.39, 0.29) is 12.0 Å². The Labute approximate surface area is 223 Å². The van der Waals surface area contributed by atoms with Crippen LogP contribution in [-0.4, -0.2) is 69.2 Å². The van der Waals surface area contributed by atoms with Crippen molar-refractivity contribution in [2.45, 2.75) is 60.0 Å². The third-order valence-electron chi connectivity index (χ3n) is 6.04. The molecule has 1 aliphatic carbocycles. The van der Waals surface area contributed by atoms with Crippen molar-refractivity contribution in [3.63, 3.8) is 0 Å². The molecule has 0 radical (unpaired) electrons. The van der Waals surface area contributed by atoms with E-state index < -0.39 is 33.1 Å². The van der Waals surface area contributed by atoms with Gasteiger partial charge in [0.05, 0.1) is 34.4 Å². The number of aliphatic hydroxyl groups excluding tert-OH is 1. The summed E-state index contributed by atoms with van der Waals surface area (Å²) < 4.78 is 27.1. The molecule has 0 fully saturated rings. The number of rotatable bonds is 14. The number of carbonyl (C=O) groups excluding carboxylic acids is 1. The van der Waals surface area contributed by atoms with Gasteiger partial charge in [-0.15, -0.1) is 0 Å². The van der Waals surface area contributed by atoms with Crippen LogP contribution in [0.2, 0.25) is 0 Å². The van der Waals surface area contributed by atoms with Crippen LogP contribution in [0.3, 0.4) is 0 Å². The number of nitrogens with zero attached hydrogens (tertiary/aromatic N) is 1. The first-order chi connectivity index (χ1) is 17.0. The molecular weight excluding hydrogens is 493 g/mol. The van der Waals surface area contributed by atoms with Gasteiger partial charge in [-0.1, -0.05) is 55.4 Å². The van der Waals surface area contributed by atoms with Gasteiger partial charge in [0.2, 0.25) is 0 Å². The van der Waals surface area contributed by atoms with Gasteiger partial charge in [0.1, 0.15) is 19.3 Å². The van der Waals surface area contributed by atoms with Crippen molar-refractivity contribution < 1.29 is 37.6 Å². The van der Waals surface area contributed by atoms with Gasteiger partial charge in [0.25, 0.3) is 7.82 Å². The number of aliphatic hydroxyl groups is 1. The van der Waals surface area contributed by atoms with Gasteiger partial charge in [0.15, 0.2) is 0 Å². The summed E-state index contributed by atoms with van der Waals surface area (Å²) in [5.74, 6) is -0.709. The number of ether oxygens (including phenoxy) is 1. The van der Waals surface area contributed by atoms with Gasteiger partial charge in [0, 0.05) is 6.08 Å². The molecule has 210 valence electrons. The van der Waals surface area contributed by atoms with Gasteiger partial charge in [-0.3, -0.25) is 4.57 Å². The number of quaternary nitrogens is 1. The molecule has 0 saturated heterocycles. The largest absolute Gasteiger partial charge is 0.756 e. The number of phosphoric ester groups is 1. The zero-order valence-electron chi connectivity index (χ0n) is 23.8. The van der Waals surface area contributed by atoms with Gasteiger partial charge < -0.3 is 28.3 Å². The molecule has 37 heavy (non-hydrogen) atoms. The predicted octanol–water partition coefficient (Wildman–Crippen LogP) is 4.63. The van der Waals surface area contributed by atoms with Crippen molar-refractivity contribution in [3.8, 4) is 0 Å². The number of likely N-dealkylation sites (N-methyl/N-ethyl adjacent to an activating group) is 1. The molecule has 0 heterocycles. The van der Waals surface area contributed by atoms with Crippen molar-refractivity contribution >= 4 is 13.8 Å². The first-order valence-electron chi connectivity index (χ1n) is 12.7. The standard InChI is InChI=1S/C28H46NO7P/c1-22(14-15-26-24(3)13-10-16-28(26,4)5)11-9-12-23(2)19-27(31)36-25(20-30)21-35-37(32,33)34-18-17-29(6,7)8/h9,11-12,14-15,19,25,30H,10,13,16-18,20-21H2,1-8H3/t25-/m0/s1. The second kappa shape index (κ2) is 15.0. The van der Waals surface area contributed by atoms with Crippen LogP contribution in [0, 0.1) is 5.41 Å². The molecule has 1 aliphatic rings. The highest BCUT2D eigenvalue weighted by atomic mass is 31.2. The lowest BCUT2D eigenvalue weighted by Crippen LogP contribution is -2.37. The molecule has 1 unspecified atom stereocenters. The van der Waals surface area contributed by atoms with Crippen molar-refractivity contribution in [1.82, 2.24) is 0 Å². The summed E-state index contributed by atoms with van der Waals surface area (Å²) in [4.78, 5) is 24.1. The monoisotopic (exact) mass is 539 g/mol. The van der Waals surface area contributed by atoms with Crippen molar-refractivity contribution in [1.29, 1.82) is 0 Å². The summed E-state index contributed by atoms with van der Waals surface area (Å²) >= 11 is 0. The Balaban J connectivity index is 2.61. The van der Waals surface area contributed by atoms with Crippen molar-refractivity contribution in [3.05, 3.63) is 58.7 Å². The molecular formula is C28H46NO7P. The summed E-state index contributed by atoms with van der Waals surface area (Å²) in [7, 11) is 1.13. The highest BCUT2D eigenvalue weighted by Gasteiger charge is 2.26. The molecule has 1 rings (SSSR count). The van der Waals surface area contributed by atoms with Crippen LogP contribution < -0.4 is 4.89 Å². The predicted molar refractivity (Wildman–Crippen MR) is 146 cm³/mol. The Kier molecular flexibility index (Phi) is 13.4. The van der Waals surface area contributed by atoms with E-state index in [0.29, 0.717) is 16.6 Å². The Morgan fingerprint density at radius 2 is 1.86 bits per heavy atom. The van der Waals surface area contributed by atoms with Gasteiger partial charge >= 0.3 is 5.97 Å². The number of phosphoric acid groups is 1. The number of esters is 1. The second-order valence-corrected chi connectivity index (χ2v) is 12.7. The normalized spacial score (nSPS) is 19.9. The van der Waals surface area contributed by atoms with E-state index in [9.17, 15) is 19.4 Å². The first-order valence-corrected chi connectivity index (χ1v) is 14.1. The molecule has 2 atom stereocenters. The number of hydrogen-bond donors (Lipinski definition) is 1. The van der Waals surface area contributed by atoms with Crippen molar-refractivity contribution in [2.24, 2.45) is 5.41 Å². The molecule has 0 aromatic rings. The minimum Gasteiger partial charge on any atom is -0.756 e. The van der Waals surface area contributed by atoms with E-state index in [2.05, 4.69) is 32.9 Å².